The van der Waals surface area contributed by atoms with E-state index in [9.17, 15) is 0 Å². The predicted molar refractivity (Wildman–Crippen MR) is 125 cm³/mol. The lowest BCUT2D eigenvalue weighted by Crippen LogP contribution is -2.06. The van der Waals surface area contributed by atoms with Crippen molar-refractivity contribution in [1.82, 2.24) is 0 Å². The maximum absolute atomic E-state index is 8.51. The molecule has 4 rings (SSSR count). The van der Waals surface area contributed by atoms with Gasteiger partial charge in [0.15, 0.2) is 0 Å². The van der Waals surface area contributed by atoms with Crippen molar-refractivity contribution in [1.29, 1.82) is 5.41 Å². The second-order valence-corrected chi connectivity index (χ2v) is 7.52. The monoisotopic (exact) mass is 395 g/mol. The van der Waals surface area contributed by atoms with Crippen LogP contribution in [-0.2, 0) is 0 Å². The summed E-state index contributed by atoms with van der Waals surface area (Å²) >= 11 is 1.54. The number of anilines is 2. The van der Waals surface area contributed by atoms with E-state index >= 15 is 0 Å². The van der Waals surface area contributed by atoms with Crippen LogP contribution in [0.5, 0.6) is 0 Å². The Bertz CT molecular complexity index is 1130. The van der Waals surface area contributed by atoms with Crippen molar-refractivity contribution >= 4 is 29.0 Å². The first-order valence-corrected chi connectivity index (χ1v) is 10.1. The summed E-state index contributed by atoms with van der Waals surface area (Å²) in [6.45, 7) is 0. The van der Waals surface area contributed by atoms with E-state index in [4.69, 9.17) is 11.1 Å². The first-order chi connectivity index (χ1) is 14.2. The number of hydrogen-bond acceptors (Lipinski definition) is 4. The average Bonchev–Trinajstić information content (AvgIpc) is 2.79. The lowest BCUT2D eigenvalue weighted by atomic mass is 10.0. The first-order valence-electron chi connectivity index (χ1n) is 9.33. The molecule has 0 heterocycles. The average molecular weight is 396 g/mol. The third-order valence-electron chi connectivity index (χ3n) is 4.61. The highest BCUT2D eigenvalue weighted by Gasteiger charge is 2.09. The number of benzene rings is 4. The van der Waals surface area contributed by atoms with Gasteiger partial charge in [0.2, 0.25) is 0 Å². The zero-order valence-corrected chi connectivity index (χ0v) is 16.6. The Morgan fingerprint density at radius 1 is 0.724 bits per heavy atom. The van der Waals surface area contributed by atoms with Gasteiger partial charge < -0.3 is 10.5 Å². The third kappa shape index (κ3) is 4.50. The standard InChI is InChI=1S/C25H21N3S/c26-24-15-14-21(17-23(24)25(27)19-10-5-2-6-11-19)28-29-22-13-7-12-20(16-22)18-8-3-1-4-9-18/h1-17,27-28H,26H2. The third-order valence-corrected chi connectivity index (χ3v) is 5.44. The van der Waals surface area contributed by atoms with Gasteiger partial charge in [-0.15, -0.1) is 0 Å². The van der Waals surface area contributed by atoms with Gasteiger partial charge in [-0.05, 0) is 53.4 Å². The summed E-state index contributed by atoms with van der Waals surface area (Å²) in [7, 11) is 0. The molecule has 0 atom stereocenters. The van der Waals surface area contributed by atoms with Crippen molar-refractivity contribution in [2.75, 3.05) is 10.5 Å². The molecule has 4 aromatic rings. The van der Waals surface area contributed by atoms with Gasteiger partial charge in [0, 0.05) is 27.4 Å². The number of nitrogens with one attached hydrogen (secondary N) is 2. The molecule has 3 nitrogen and oxygen atoms in total. The molecule has 4 heteroatoms. The molecule has 4 N–H and O–H groups in total. The van der Waals surface area contributed by atoms with Crippen LogP contribution in [0.1, 0.15) is 11.1 Å². The van der Waals surface area contributed by atoms with E-state index < -0.39 is 0 Å². The maximum atomic E-state index is 8.51. The smallest absolute Gasteiger partial charge is 0.0705 e. The molecule has 0 aliphatic carbocycles. The van der Waals surface area contributed by atoms with Crippen LogP contribution in [0.25, 0.3) is 11.1 Å². The van der Waals surface area contributed by atoms with E-state index in [1.807, 2.05) is 66.7 Å². The molecular weight excluding hydrogens is 374 g/mol. The molecule has 0 radical (unpaired) electrons. The molecule has 0 amide bonds. The van der Waals surface area contributed by atoms with Gasteiger partial charge in [0.05, 0.1) is 5.71 Å². The Kier molecular flexibility index (Phi) is 5.63. The largest absolute Gasteiger partial charge is 0.398 e. The van der Waals surface area contributed by atoms with E-state index in [0.717, 1.165) is 21.7 Å². The second kappa shape index (κ2) is 8.67. The zero-order valence-electron chi connectivity index (χ0n) is 15.8. The maximum Gasteiger partial charge on any atom is 0.0705 e. The summed E-state index contributed by atoms with van der Waals surface area (Å²) in [6, 6.07) is 34.1. The van der Waals surface area contributed by atoms with Crippen molar-refractivity contribution in [2.45, 2.75) is 4.90 Å². The fraction of sp³-hybridized carbons (Fsp3) is 0. The summed E-state index contributed by atoms with van der Waals surface area (Å²) in [5.74, 6) is 0. The molecule has 29 heavy (non-hydrogen) atoms. The minimum absolute atomic E-state index is 0.419. The zero-order chi connectivity index (χ0) is 20.1. The molecule has 4 aromatic carbocycles. The SMILES string of the molecule is N=C(c1ccccc1)c1cc(NSc2cccc(-c3ccccc3)c2)ccc1N. The summed E-state index contributed by atoms with van der Waals surface area (Å²) < 4.78 is 3.38. The van der Waals surface area contributed by atoms with E-state index in [1.54, 1.807) is 11.9 Å². The quantitative estimate of drug-likeness (QED) is 0.199. The highest BCUT2D eigenvalue weighted by Crippen LogP contribution is 2.28. The summed E-state index contributed by atoms with van der Waals surface area (Å²) in [5.41, 5.74) is 12.0. The number of nitrogens with two attached hydrogens (primary N) is 1. The molecule has 0 aliphatic heterocycles. The number of hydrogen-bond donors (Lipinski definition) is 3. The Morgan fingerprint density at radius 2 is 1.41 bits per heavy atom. The van der Waals surface area contributed by atoms with Crippen LogP contribution in [0.2, 0.25) is 0 Å². The van der Waals surface area contributed by atoms with Crippen LogP contribution >= 0.6 is 11.9 Å². The van der Waals surface area contributed by atoms with Gasteiger partial charge in [-0.25, -0.2) is 0 Å². The molecule has 142 valence electrons. The van der Waals surface area contributed by atoms with Gasteiger partial charge in [0.25, 0.3) is 0 Å². The van der Waals surface area contributed by atoms with Gasteiger partial charge in [-0.3, -0.25) is 5.41 Å². The highest BCUT2D eigenvalue weighted by atomic mass is 32.2. The van der Waals surface area contributed by atoms with Crippen molar-refractivity contribution in [2.24, 2.45) is 0 Å². The van der Waals surface area contributed by atoms with Gasteiger partial charge in [-0.1, -0.05) is 72.8 Å². The Morgan fingerprint density at radius 3 is 2.17 bits per heavy atom. The van der Waals surface area contributed by atoms with Gasteiger partial charge in [-0.2, -0.15) is 0 Å². The second-order valence-electron chi connectivity index (χ2n) is 6.64. The van der Waals surface area contributed by atoms with Crippen LogP contribution in [-0.4, -0.2) is 5.71 Å². The topological polar surface area (TPSA) is 61.9 Å². The minimum Gasteiger partial charge on any atom is -0.398 e. The van der Waals surface area contributed by atoms with E-state index in [-0.39, 0.29) is 0 Å². The molecule has 0 unspecified atom stereocenters. The Labute approximate surface area is 175 Å². The first kappa shape index (κ1) is 18.8. The van der Waals surface area contributed by atoms with Crippen molar-refractivity contribution < 1.29 is 0 Å². The van der Waals surface area contributed by atoms with E-state index in [0.29, 0.717) is 11.4 Å². The van der Waals surface area contributed by atoms with Crippen LogP contribution < -0.4 is 10.5 Å². The molecule has 0 bridgehead atoms. The van der Waals surface area contributed by atoms with Crippen LogP contribution in [0, 0.1) is 5.41 Å². The van der Waals surface area contributed by atoms with Crippen LogP contribution in [0.15, 0.2) is 108 Å². The van der Waals surface area contributed by atoms with Crippen molar-refractivity contribution in [3.8, 4) is 11.1 Å². The van der Waals surface area contributed by atoms with Gasteiger partial charge >= 0.3 is 0 Å². The van der Waals surface area contributed by atoms with Crippen LogP contribution in [0.3, 0.4) is 0 Å². The Hall–Kier alpha value is -3.50. The lowest BCUT2D eigenvalue weighted by molar-refractivity contribution is 1.45. The van der Waals surface area contributed by atoms with Crippen LogP contribution in [0.4, 0.5) is 11.4 Å². The van der Waals surface area contributed by atoms with Crippen molar-refractivity contribution in [3.05, 3.63) is 114 Å². The Balaban J connectivity index is 1.52. The number of rotatable bonds is 6. The molecular formula is C25H21N3S. The predicted octanol–water partition coefficient (Wildman–Crippen LogP) is 6.47. The summed E-state index contributed by atoms with van der Waals surface area (Å²) in [5, 5.41) is 8.51. The molecule has 0 aromatic heterocycles. The fourth-order valence-electron chi connectivity index (χ4n) is 3.08. The highest BCUT2D eigenvalue weighted by molar-refractivity contribution is 8.00. The fourth-order valence-corrected chi connectivity index (χ4v) is 3.78. The molecule has 0 fully saturated rings. The minimum atomic E-state index is 0.419. The number of nitrogen functional groups attached to an aromatic ring is 1. The van der Waals surface area contributed by atoms with Gasteiger partial charge in [0.1, 0.15) is 0 Å². The van der Waals surface area contributed by atoms with E-state index in [2.05, 4.69) is 41.1 Å². The molecule has 0 aliphatic rings. The molecule has 0 saturated carbocycles. The normalized spacial score (nSPS) is 10.5. The summed E-state index contributed by atoms with van der Waals surface area (Å²) in [6.07, 6.45) is 0. The summed E-state index contributed by atoms with van der Waals surface area (Å²) in [4.78, 5) is 1.11. The molecule has 0 spiro atoms. The molecule has 0 saturated heterocycles. The lowest BCUT2D eigenvalue weighted by Gasteiger charge is -2.12. The van der Waals surface area contributed by atoms with E-state index in [1.165, 1.54) is 11.1 Å². The van der Waals surface area contributed by atoms with Crippen molar-refractivity contribution in [3.63, 3.8) is 0 Å².